The van der Waals surface area contributed by atoms with Crippen LogP contribution in [-0.4, -0.2) is 43.7 Å². The monoisotopic (exact) mass is 345 g/mol. The second kappa shape index (κ2) is 6.97. The Kier molecular flexibility index (Phi) is 5.24. The number of rotatable bonds is 4. The van der Waals surface area contributed by atoms with Crippen molar-refractivity contribution in [2.45, 2.75) is 17.5 Å². The highest BCUT2D eigenvalue weighted by Gasteiger charge is 2.29. The van der Waals surface area contributed by atoms with Crippen molar-refractivity contribution in [1.29, 1.82) is 0 Å². The number of urea groups is 1. The fourth-order valence-corrected chi connectivity index (χ4v) is 4.34. The number of carbonyl (C=O) groups excluding carboxylic acids is 2. The SMILES string of the molecule is O=C(CSc1cccc[n+]1[O-])NC(=O)NC1CCS(=O)(=O)C1. The standard InChI is InChI=1S/C12H15N3O5S2/c16-10(7-21-11-3-1-2-5-15(11)18)14-12(17)13-9-4-6-22(19,20)8-9/h1-3,5,9H,4,6-8H2,(H2,13,14,16,17). The van der Waals surface area contributed by atoms with E-state index < -0.39 is 27.8 Å². The molecule has 120 valence electrons. The van der Waals surface area contributed by atoms with Crippen LogP contribution in [0.25, 0.3) is 0 Å². The fraction of sp³-hybridized carbons (Fsp3) is 0.417. The molecule has 2 rings (SSSR count). The third-order valence-electron chi connectivity index (χ3n) is 2.96. The number of nitrogens with zero attached hydrogens (tertiary/aromatic N) is 1. The summed E-state index contributed by atoms with van der Waals surface area (Å²) in [7, 11) is -3.09. The maximum Gasteiger partial charge on any atom is 0.321 e. The first-order valence-corrected chi connectivity index (χ1v) is 9.28. The molecule has 0 saturated carbocycles. The van der Waals surface area contributed by atoms with Crippen LogP contribution in [0.15, 0.2) is 29.4 Å². The van der Waals surface area contributed by atoms with Crippen LogP contribution in [-0.2, 0) is 14.6 Å². The molecule has 1 atom stereocenters. The molecule has 3 amide bonds. The molecule has 1 aliphatic heterocycles. The Morgan fingerprint density at radius 1 is 1.41 bits per heavy atom. The number of carbonyl (C=O) groups is 2. The number of amides is 3. The first-order chi connectivity index (χ1) is 10.4. The summed E-state index contributed by atoms with van der Waals surface area (Å²) >= 11 is 1.00. The van der Waals surface area contributed by atoms with Gasteiger partial charge in [-0.3, -0.25) is 10.1 Å². The number of imide groups is 1. The van der Waals surface area contributed by atoms with Gasteiger partial charge in [-0.15, -0.1) is 0 Å². The van der Waals surface area contributed by atoms with E-state index in [4.69, 9.17) is 0 Å². The minimum Gasteiger partial charge on any atom is -0.618 e. The van der Waals surface area contributed by atoms with Gasteiger partial charge in [0.1, 0.15) is 0 Å². The third-order valence-corrected chi connectivity index (χ3v) is 5.75. The molecule has 0 aliphatic carbocycles. The molecular formula is C12H15N3O5S2. The minimum absolute atomic E-state index is 0.0409. The summed E-state index contributed by atoms with van der Waals surface area (Å²) in [6.07, 6.45) is 1.66. The average molecular weight is 345 g/mol. The van der Waals surface area contributed by atoms with Crippen LogP contribution < -0.4 is 15.4 Å². The average Bonchev–Trinajstić information content (AvgIpc) is 2.76. The van der Waals surface area contributed by atoms with Gasteiger partial charge in [0.25, 0.3) is 5.03 Å². The van der Waals surface area contributed by atoms with Crippen LogP contribution in [0, 0.1) is 5.21 Å². The second-order valence-corrected chi connectivity index (χ2v) is 8.00. The Labute approximate surface area is 131 Å². The molecule has 0 radical (unpaired) electrons. The maximum atomic E-state index is 11.6. The Balaban J connectivity index is 1.75. The molecular weight excluding hydrogens is 330 g/mol. The Hall–Kier alpha value is -1.81. The van der Waals surface area contributed by atoms with Gasteiger partial charge in [0.05, 0.1) is 17.3 Å². The van der Waals surface area contributed by atoms with E-state index in [-0.39, 0.29) is 17.3 Å². The zero-order valence-corrected chi connectivity index (χ0v) is 13.2. The van der Waals surface area contributed by atoms with Crippen molar-refractivity contribution >= 4 is 33.5 Å². The number of thioether (sulfide) groups is 1. The van der Waals surface area contributed by atoms with Gasteiger partial charge in [0.2, 0.25) is 5.91 Å². The predicted octanol–water partition coefficient (Wildman–Crippen LogP) is -0.575. The van der Waals surface area contributed by atoms with Gasteiger partial charge in [-0.05, 0) is 24.2 Å². The van der Waals surface area contributed by atoms with E-state index in [0.29, 0.717) is 16.2 Å². The van der Waals surface area contributed by atoms with Gasteiger partial charge >= 0.3 is 6.03 Å². The van der Waals surface area contributed by atoms with E-state index in [2.05, 4.69) is 10.6 Å². The topological polar surface area (TPSA) is 119 Å². The summed E-state index contributed by atoms with van der Waals surface area (Å²) in [6.45, 7) is 0. The van der Waals surface area contributed by atoms with Crippen molar-refractivity contribution in [3.63, 3.8) is 0 Å². The van der Waals surface area contributed by atoms with Crippen molar-refractivity contribution in [1.82, 2.24) is 10.6 Å². The van der Waals surface area contributed by atoms with Crippen LogP contribution >= 0.6 is 11.8 Å². The third kappa shape index (κ3) is 4.88. The lowest BCUT2D eigenvalue weighted by atomic mass is 10.3. The van der Waals surface area contributed by atoms with Gasteiger partial charge in [-0.25, -0.2) is 13.2 Å². The Bertz CT molecular complexity index is 677. The zero-order valence-electron chi connectivity index (χ0n) is 11.5. The van der Waals surface area contributed by atoms with Crippen LogP contribution in [0.1, 0.15) is 6.42 Å². The van der Waals surface area contributed by atoms with Crippen molar-refractivity contribution in [3.05, 3.63) is 29.6 Å². The summed E-state index contributed by atoms with van der Waals surface area (Å²) < 4.78 is 23.2. The smallest absolute Gasteiger partial charge is 0.321 e. The number of hydrogen-bond acceptors (Lipinski definition) is 6. The first-order valence-electron chi connectivity index (χ1n) is 6.47. The van der Waals surface area contributed by atoms with Gasteiger partial charge in [-0.2, -0.15) is 4.73 Å². The molecule has 1 aromatic heterocycles. The molecule has 1 saturated heterocycles. The molecule has 8 nitrogen and oxygen atoms in total. The minimum atomic E-state index is -3.09. The fourth-order valence-electron chi connectivity index (χ4n) is 1.96. The lowest BCUT2D eigenvalue weighted by Crippen LogP contribution is -2.45. The lowest BCUT2D eigenvalue weighted by Gasteiger charge is -2.11. The number of nitrogens with one attached hydrogen (secondary N) is 2. The highest BCUT2D eigenvalue weighted by Crippen LogP contribution is 2.12. The number of pyridine rings is 1. The van der Waals surface area contributed by atoms with E-state index in [9.17, 15) is 23.2 Å². The molecule has 0 spiro atoms. The van der Waals surface area contributed by atoms with Crippen molar-refractivity contribution in [2.75, 3.05) is 17.3 Å². The highest BCUT2D eigenvalue weighted by molar-refractivity contribution is 7.99. The summed E-state index contributed by atoms with van der Waals surface area (Å²) in [5.41, 5.74) is 0. The molecule has 10 heteroatoms. The maximum absolute atomic E-state index is 11.6. The van der Waals surface area contributed by atoms with Crippen molar-refractivity contribution in [2.24, 2.45) is 0 Å². The van der Waals surface area contributed by atoms with Crippen LogP contribution in [0.2, 0.25) is 0 Å². The lowest BCUT2D eigenvalue weighted by molar-refractivity contribution is -0.645. The number of aromatic nitrogens is 1. The molecule has 2 N–H and O–H groups in total. The summed E-state index contributed by atoms with van der Waals surface area (Å²) in [6, 6.07) is 3.61. The molecule has 0 bridgehead atoms. The van der Waals surface area contributed by atoms with E-state index in [1.54, 1.807) is 18.2 Å². The van der Waals surface area contributed by atoms with Gasteiger partial charge in [0, 0.05) is 18.2 Å². The summed E-state index contributed by atoms with van der Waals surface area (Å²) in [5.74, 6) is -0.724. The van der Waals surface area contributed by atoms with Crippen LogP contribution in [0.4, 0.5) is 4.79 Å². The molecule has 1 aromatic rings. The van der Waals surface area contributed by atoms with Gasteiger partial charge < -0.3 is 10.5 Å². The summed E-state index contributed by atoms with van der Waals surface area (Å²) in [5, 5.41) is 16.3. The molecule has 1 fully saturated rings. The van der Waals surface area contributed by atoms with Crippen LogP contribution in [0.5, 0.6) is 0 Å². The van der Waals surface area contributed by atoms with Crippen molar-refractivity contribution < 1.29 is 22.7 Å². The Morgan fingerprint density at radius 2 is 2.18 bits per heavy atom. The van der Waals surface area contributed by atoms with Crippen LogP contribution in [0.3, 0.4) is 0 Å². The molecule has 22 heavy (non-hydrogen) atoms. The molecule has 1 unspecified atom stereocenters. The first kappa shape index (κ1) is 16.6. The van der Waals surface area contributed by atoms with E-state index in [1.165, 1.54) is 6.20 Å². The van der Waals surface area contributed by atoms with E-state index in [0.717, 1.165) is 11.8 Å². The van der Waals surface area contributed by atoms with Crippen molar-refractivity contribution in [3.8, 4) is 0 Å². The quantitative estimate of drug-likeness (QED) is 0.428. The predicted molar refractivity (Wildman–Crippen MR) is 79.9 cm³/mol. The normalized spacial score (nSPS) is 19.5. The summed E-state index contributed by atoms with van der Waals surface area (Å²) in [4.78, 5) is 23.2. The van der Waals surface area contributed by atoms with E-state index >= 15 is 0 Å². The second-order valence-electron chi connectivity index (χ2n) is 4.77. The number of sulfone groups is 1. The largest absolute Gasteiger partial charge is 0.618 e. The highest BCUT2D eigenvalue weighted by atomic mass is 32.2. The molecule has 0 aromatic carbocycles. The van der Waals surface area contributed by atoms with Gasteiger partial charge in [-0.1, -0.05) is 0 Å². The Morgan fingerprint density at radius 3 is 2.82 bits per heavy atom. The van der Waals surface area contributed by atoms with Gasteiger partial charge in [0.15, 0.2) is 16.0 Å². The molecule has 1 aliphatic rings. The van der Waals surface area contributed by atoms with E-state index in [1.807, 2.05) is 0 Å². The molecule has 2 heterocycles. The number of hydrogen-bond donors (Lipinski definition) is 2. The zero-order chi connectivity index (χ0) is 16.2.